The molecule has 1 aliphatic heterocycles. The molecule has 0 radical (unpaired) electrons. The third kappa shape index (κ3) is 5.01. The van der Waals surface area contributed by atoms with Gasteiger partial charge in [0.1, 0.15) is 17.6 Å². The molecule has 8 heteroatoms. The van der Waals surface area contributed by atoms with E-state index in [1.54, 1.807) is 52.7 Å². The smallest absolute Gasteiger partial charge is 0.257 e. The van der Waals surface area contributed by atoms with Gasteiger partial charge in [-0.2, -0.15) is 4.31 Å². The lowest BCUT2D eigenvalue weighted by Crippen LogP contribution is -2.51. The van der Waals surface area contributed by atoms with E-state index >= 15 is 0 Å². The number of carbonyl (C=O) groups is 1. The summed E-state index contributed by atoms with van der Waals surface area (Å²) in [5.74, 6) is 0.959. The van der Waals surface area contributed by atoms with E-state index in [0.29, 0.717) is 43.0 Å². The highest BCUT2D eigenvalue weighted by molar-refractivity contribution is 7.89. The van der Waals surface area contributed by atoms with Crippen molar-refractivity contribution in [1.29, 1.82) is 0 Å². The van der Waals surface area contributed by atoms with Crippen LogP contribution in [0.4, 0.5) is 0 Å². The van der Waals surface area contributed by atoms with Crippen molar-refractivity contribution in [2.45, 2.75) is 55.6 Å². The van der Waals surface area contributed by atoms with Crippen LogP contribution in [0.3, 0.4) is 0 Å². The molecule has 2 aromatic carbocycles. The maximum atomic E-state index is 13.8. The number of carbonyl (C=O) groups excluding carboxylic acids is 1. The minimum absolute atomic E-state index is 0.0700. The molecule has 0 saturated heterocycles. The molecule has 1 fully saturated rings. The summed E-state index contributed by atoms with van der Waals surface area (Å²) in [5.41, 5.74) is 0.520. The van der Waals surface area contributed by atoms with Crippen molar-refractivity contribution < 1.29 is 22.7 Å². The molecular formula is C25H32N2O5S. The van der Waals surface area contributed by atoms with Crippen LogP contribution in [0, 0.1) is 0 Å². The number of hydrogen-bond donors (Lipinski definition) is 0. The Hall–Kier alpha value is -2.58. The Morgan fingerprint density at radius 3 is 2.55 bits per heavy atom. The summed E-state index contributed by atoms with van der Waals surface area (Å²) < 4.78 is 41.0. The number of ether oxygens (including phenoxy) is 2. The molecule has 1 saturated carbocycles. The lowest BCUT2D eigenvalue weighted by atomic mass is 9.92. The van der Waals surface area contributed by atoms with Gasteiger partial charge in [-0.3, -0.25) is 4.79 Å². The molecule has 2 aliphatic rings. The molecule has 0 N–H and O–H groups in total. The summed E-state index contributed by atoms with van der Waals surface area (Å²) in [6, 6.07) is 13.6. The van der Waals surface area contributed by atoms with E-state index in [0.717, 1.165) is 25.7 Å². The maximum absolute atomic E-state index is 13.8. The summed E-state index contributed by atoms with van der Waals surface area (Å²) >= 11 is 0. The highest BCUT2D eigenvalue weighted by Gasteiger charge is 2.39. The lowest BCUT2D eigenvalue weighted by molar-refractivity contribution is 0.0658. The van der Waals surface area contributed by atoms with E-state index in [4.69, 9.17) is 9.47 Å². The number of methoxy groups -OCH3 is 1. The van der Waals surface area contributed by atoms with Gasteiger partial charge in [-0.25, -0.2) is 8.42 Å². The van der Waals surface area contributed by atoms with Gasteiger partial charge in [-0.1, -0.05) is 24.6 Å². The predicted molar refractivity (Wildman–Crippen MR) is 126 cm³/mol. The summed E-state index contributed by atoms with van der Waals surface area (Å²) in [5, 5.41) is 0. The standard InChI is InChI=1S/C25H32N2O5S/c1-26-16-7-8-17-27(33(29,30)20-11-9-10-19(18-20)31-2)22-13-4-6-15-24(22)32-23-14-5-3-12-21(23)25(26)28/h3,5,9-12,14,18,22,24H,4,6-8,13,15-17H2,1-2H3/t22-,24+/m1/s1. The molecule has 2 aromatic rings. The number of nitrogens with zero attached hydrogens (tertiary/aromatic N) is 2. The van der Waals surface area contributed by atoms with Gasteiger partial charge < -0.3 is 14.4 Å². The molecule has 4 rings (SSSR count). The van der Waals surface area contributed by atoms with E-state index in [9.17, 15) is 13.2 Å². The summed E-state index contributed by atoms with van der Waals surface area (Å²) in [6.45, 7) is 0.933. The first-order valence-corrected chi connectivity index (χ1v) is 13.0. The molecule has 1 aliphatic carbocycles. The van der Waals surface area contributed by atoms with E-state index in [1.165, 1.54) is 7.11 Å². The van der Waals surface area contributed by atoms with Gasteiger partial charge in [0.15, 0.2) is 0 Å². The highest BCUT2D eigenvalue weighted by atomic mass is 32.2. The zero-order valence-electron chi connectivity index (χ0n) is 19.3. The van der Waals surface area contributed by atoms with Crippen molar-refractivity contribution in [1.82, 2.24) is 9.21 Å². The summed E-state index contributed by atoms with van der Waals surface area (Å²) in [6.07, 6.45) is 4.43. The molecule has 0 aromatic heterocycles. The topological polar surface area (TPSA) is 76.2 Å². The first-order valence-electron chi connectivity index (χ1n) is 11.6. The quantitative estimate of drug-likeness (QED) is 0.676. The predicted octanol–water partition coefficient (Wildman–Crippen LogP) is 3.94. The monoisotopic (exact) mass is 472 g/mol. The Morgan fingerprint density at radius 1 is 0.970 bits per heavy atom. The molecule has 2 atom stereocenters. The van der Waals surface area contributed by atoms with Crippen LogP contribution in [0.15, 0.2) is 53.4 Å². The fourth-order valence-electron chi connectivity index (χ4n) is 4.74. The number of para-hydroxylation sites is 1. The number of benzene rings is 2. The van der Waals surface area contributed by atoms with E-state index in [-0.39, 0.29) is 22.9 Å². The molecule has 1 amide bonds. The van der Waals surface area contributed by atoms with Gasteiger partial charge in [0, 0.05) is 26.2 Å². The van der Waals surface area contributed by atoms with E-state index in [2.05, 4.69) is 0 Å². The Balaban J connectivity index is 1.74. The van der Waals surface area contributed by atoms with Crippen LogP contribution in [0.2, 0.25) is 0 Å². The number of rotatable bonds is 3. The van der Waals surface area contributed by atoms with Crippen LogP contribution in [0.5, 0.6) is 11.5 Å². The minimum Gasteiger partial charge on any atom is -0.497 e. The Bertz CT molecular complexity index is 1090. The van der Waals surface area contributed by atoms with Crippen LogP contribution in [-0.2, 0) is 10.0 Å². The van der Waals surface area contributed by atoms with Crippen molar-refractivity contribution >= 4 is 15.9 Å². The van der Waals surface area contributed by atoms with E-state index in [1.807, 2.05) is 12.1 Å². The average molecular weight is 473 g/mol. The molecule has 33 heavy (non-hydrogen) atoms. The molecule has 1 heterocycles. The third-order valence-electron chi connectivity index (χ3n) is 6.55. The lowest BCUT2D eigenvalue weighted by Gasteiger charge is -2.39. The van der Waals surface area contributed by atoms with Gasteiger partial charge in [-0.15, -0.1) is 0 Å². The summed E-state index contributed by atoms with van der Waals surface area (Å²) in [4.78, 5) is 14.9. The van der Waals surface area contributed by atoms with Crippen molar-refractivity contribution in [3.05, 3.63) is 54.1 Å². The van der Waals surface area contributed by atoms with Crippen LogP contribution >= 0.6 is 0 Å². The zero-order valence-corrected chi connectivity index (χ0v) is 20.1. The first-order chi connectivity index (χ1) is 15.9. The molecule has 178 valence electrons. The van der Waals surface area contributed by atoms with Crippen molar-refractivity contribution in [2.75, 3.05) is 27.2 Å². The average Bonchev–Trinajstić information content (AvgIpc) is 2.83. The van der Waals surface area contributed by atoms with E-state index < -0.39 is 10.0 Å². The van der Waals surface area contributed by atoms with Crippen LogP contribution in [0.1, 0.15) is 48.9 Å². The first kappa shape index (κ1) is 23.6. The van der Waals surface area contributed by atoms with Crippen LogP contribution in [0.25, 0.3) is 0 Å². The van der Waals surface area contributed by atoms with Crippen LogP contribution < -0.4 is 9.47 Å². The summed E-state index contributed by atoms with van der Waals surface area (Å²) in [7, 11) is -0.456. The number of amides is 1. The largest absolute Gasteiger partial charge is 0.497 e. The Labute approximate surface area is 196 Å². The van der Waals surface area contributed by atoms with Crippen LogP contribution in [-0.4, -0.2) is 62.9 Å². The normalized spacial score (nSPS) is 22.8. The van der Waals surface area contributed by atoms with Gasteiger partial charge >= 0.3 is 0 Å². The fourth-order valence-corrected chi connectivity index (χ4v) is 6.49. The van der Waals surface area contributed by atoms with Gasteiger partial charge in [0.05, 0.1) is 23.6 Å². The second-order valence-electron chi connectivity index (χ2n) is 8.73. The number of hydrogen-bond acceptors (Lipinski definition) is 5. The van der Waals surface area contributed by atoms with Crippen molar-refractivity contribution in [3.63, 3.8) is 0 Å². The fraction of sp³-hybridized carbons (Fsp3) is 0.480. The molecule has 0 unspecified atom stereocenters. The number of sulfonamides is 1. The second-order valence-corrected chi connectivity index (χ2v) is 10.6. The van der Waals surface area contributed by atoms with Gasteiger partial charge in [0.2, 0.25) is 10.0 Å². The van der Waals surface area contributed by atoms with Crippen molar-refractivity contribution in [3.8, 4) is 11.5 Å². The SMILES string of the molecule is COc1cccc(S(=O)(=O)N2CCCCN(C)C(=O)c3ccccc3O[C@H]3CCCC[C@H]32)c1. The number of fused-ring (bicyclic) bond motifs is 2. The molecule has 7 nitrogen and oxygen atoms in total. The second kappa shape index (κ2) is 10.1. The zero-order chi connectivity index (χ0) is 23.4. The Kier molecular flexibility index (Phi) is 7.24. The molecular weight excluding hydrogens is 440 g/mol. The Morgan fingerprint density at radius 2 is 1.73 bits per heavy atom. The molecule has 0 spiro atoms. The van der Waals surface area contributed by atoms with Gasteiger partial charge in [-0.05, 0) is 56.4 Å². The highest BCUT2D eigenvalue weighted by Crippen LogP contribution is 2.33. The van der Waals surface area contributed by atoms with Crippen molar-refractivity contribution in [2.24, 2.45) is 0 Å². The van der Waals surface area contributed by atoms with Gasteiger partial charge in [0.25, 0.3) is 5.91 Å². The third-order valence-corrected chi connectivity index (χ3v) is 8.47. The molecule has 0 bridgehead atoms. The minimum atomic E-state index is -3.76. The maximum Gasteiger partial charge on any atom is 0.257 e.